The maximum absolute atomic E-state index is 12.4. The number of rotatable bonds is 1. The van der Waals surface area contributed by atoms with Crippen LogP contribution in [0.5, 0.6) is 0 Å². The molecule has 0 aromatic heterocycles. The van der Waals surface area contributed by atoms with Crippen LogP contribution in [0.3, 0.4) is 0 Å². The van der Waals surface area contributed by atoms with E-state index in [2.05, 4.69) is 6.07 Å². The molecule has 1 aliphatic carbocycles. The molecule has 1 heterocycles. The molecule has 19 heavy (non-hydrogen) atoms. The Morgan fingerprint density at radius 3 is 2.68 bits per heavy atom. The number of amides is 1. The predicted octanol–water partition coefficient (Wildman–Crippen LogP) is 3.47. The van der Waals surface area contributed by atoms with E-state index >= 15 is 0 Å². The third-order valence-corrected chi connectivity index (χ3v) is 4.13. The van der Waals surface area contributed by atoms with E-state index in [4.69, 9.17) is 10.00 Å². The number of carbonyl (C=O) groups is 1. The Hall–Kier alpha value is -1.24. The van der Waals surface area contributed by atoms with Gasteiger partial charge in [-0.25, -0.2) is 4.79 Å². The third kappa shape index (κ3) is 3.20. The van der Waals surface area contributed by atoms with Crippen molar-refractivity contribution in [2.75, 3.05) is 0 Å². The summed E-state index contributed by atoms with van der Waals surface area (Å²) in [4.78, 5) is 14.3. The monoisotopic (exact) mass is 264 g/mol. The molecule has 4 nitrogen and oxygen atoms in total. The van der Waals surface area contributed by atoms with Crippen LogP contribution in [-0.2, 0) is 4.74 Å². The maximum Gasteiger partial charge on any atom is 0.410 e. The molecular formula is C15H24N2O2. The van der Waals surface area contributed by atoms with Gasteiger partial charge in [-0.3, -0.25) is 0 Å². The quantitative estimate of drug-likeness (QED) is 0.728. The summed E-state index contributed by atoms with van der Waals surface area (Å²) in [5, 5.41) is 8.96. The van der Waals surface area contributed by atoms with Crippen molar-refractivity contribution in [1.82, 2.24) is 4.90 Å². The average Bonchev–Trinajstić information content (AvgIpc) is 2.65. The van der Waals surface area contributed by atoms with Crippen LogP contribution in [0.1, 0.15) is 59.3 Å². The molecule has 3 atom stereocenters. The smallest absolute Gasteiger partial charge is 0.410 e. The number of nitrogens with zero attached hydrogens (tertiary/aromatic N) is 2. The normalized spacial score (nSPS) is 30.6. The number of carbonyl (C=O) groups excluding carboxylic acids is 1. The van der Waals surface area contributed by atoms with Crippen LogP contribution in [0.15, 0.2) is 0 Å². The van der Waals surface area contributed by atoms with Gasteiger partial charge in [-0.1, -0.05) is 12.8 Å². The molecule has 106 valence electrons. The molecule has 0 aromatic carbocycles. The van der Waals surface area contributed by atoms with Crippen molar-refractivity contribution in [3.8, 4) is 6.07 Å². The summed E-state index contributed by atoms with van der Waals surface area (Å²) in [5.74, 6) is 0.569. The van der Waals surface area contributed by atoms with Gasteiger partial charge >= 0.3 is 6.09 Å². The first-order chi connectivity index (χ1) is 8.92. The van der Waals surface area contributed by atoms with E-state index in [1.807, 2.05) is 25.7 Å². The van der Waals surface area contributed by atoms with Gasteiger partial charge in [0.2, 0.25) is 0 Å². The Kier molecular flexibility index (Phi) is 4.03. The van der Waals surface area contributed by atoms with E-state index in [1.165, 1.54) is 19.3 Å². The fourth-order valence-electron chi connectivity index (χ4n) is 3.45. The van der Waals surface area contributed by atoms with E-state index in [9.17, 15) is 4.79 Å². The minimum atomic E-state index is -0.471. The summed E-state index contributed by atoms with van der Waals surface area (Å²) in [6.45, 7) is 5.66. The van der Waals surface area contributed by atoms with Crippen molar-refractivity contribution in [2.45, 2.75) is 77.0 Å². The van der Waals surface area contributed by atoms with Crippen LogP contribution in [-0.4, -0.2) is 28.7 Å². The van der Waals surface area contributed by atoms with Crippen molar-refractivity contribution in [2.24, 2.45) is 5.92 Å². The second-order valence-corrected chi connectivity index (χ2v) is 6.75. The van der Waals surface area contributed by atoms with Crippen molar-refractivity contribution in [3.05, 3.63) is 0 Å². The second kappa shape index (κ2) is 5.40. The summed E-state index contributed by atoms with van der Waals surface area (Å²) < 4.78 is 5.52. The molecular weight excluding hydrogens is 240 g/mol. The van der Waals surface area contributed by atoms with Crippen molar-refractivity contribution >= 4 is 6.09 Å². The zero-order chi connectivity index (χ0) is 14.0. The zero-order valence-electron chi connectivity index (χ0n) is 12.2. The molecule has 0 aromatic rings. The average molecular weight is 264 g/mol. The molecule has 4 heteroatoms. The Labute approximate surface area is 115 Å². The molecule has 1 aliphatic heterocycles. The van der Waals surface area contributed by atoms with Crippen LogP contribution in [0.2, 0.25) is 0 Å². The lowest BCUT2D eigenvalue weighted by atomic mass is 9.84. The standard InChI is InChI=1S/C15H24N2O2/c1-15(2,3)19-14(18)17-12(8-9-16)10-11-6-4-5-7-13(11)17/h11-13H,4-8,10H2,1-3H3/t11-,12+,13-/m0/s1. The van der Waals surface area contributed by atoms with Gasteiger partial charge in [-0.05, 0) is 46.0 Å². The van der Waals surface area contributed by atoms with Crippen molar-refractivity contribution < 1.29 is 9.53 Å². The molecule has 0 unspecified atom stereocenters. The highest BCUT2D eigenvalue weighted by atomic mass is 16.6. The second-order valence-electron chi connectivity index (χ2n) is 6.75. The molecule has 0 radical (unpaired) electrons. The van der Waals surface area contributed by atoms with Crippen LogP contribution >= 0.6 is 0 Å². The van der Waals surface area contributed by atoms with Crippen LogP contribution in [0, 0.1) is 17.2 Å². The number of fused-ring (bicyclic) bond motifs is 1. The number of hydrogen-bond donors (Lipinski definition) is 0. The molecule has 0 spiro atoms. The third-order valence-electron chi connectivity index (χ3n) is 4.13. The minimum absolute atomic E-state index is 0.0490. The molecule has 2 fully saturated rings. The van der Waals surface area contributed by atoms with Gasteiger partial charge < -0.3 is 9.64 Å². The zero-order valence-corrected chi connectivity index (χ0v) is 12.2. The lowest BCUT2D eigenvalue weighted by Crippen LogP contribution is -2.45. The Morgan fingerprint density at radius 1 is 1.37 bits per heavy atom. The fourth-order valence-corrected chi connectivity index (χ4v) is 3.45. The fraction of sp³-hybridized carbons (Fsp3) is 0.867. The lowest BCUT2D eigenvalue weighted by molar-refractivity contribution is 0.0108. The number of nitriles is 1. The first-order valence-corrected chi connectivity index (χ1v) is 7.30. The molecule has 0 N–H and O–H groups in total. The minimum Gasteiger partial charge on any atom is -0.444 e. The number of hydrogen-bond acceptors (Lipinski definition) is 3. The van der Waals surface area contributed by atoms with Crippen molar-refractivity contribution in [3.63, 3.8) is 0 Å². The topological polar surface area (TPSA) is 53.3 Å². The van der Waals surface area contributed by atoms with Crippen LogP contribution in [0.25, 0.3) is 0 Å². The van der Waals surface area contributed by atoms with Gasteiger partial charge in [-0.2, -0.15) is 5.26 Å². The van der Waals surface area contributed by atoms with Gasteiger partial charge in [-0.15, -0.1) is 0 Å². The summed E-state index contributed by atoms with van der Waals surface area (Å²) in [6.07, 6.45) is 5.84. The van der Waals surface area contributed by atoms with Gasteiger partial charge in [0.15, 0.2) is 0 Å². The number of ether oxygens (including phenoxy) is 1. The van der Waals surface area contributed by atoms with Gasteiger partial charge in [0.25, 0.3) is 0 Å². The lowest BCUT2D eigenvalue weighted by Gasteiger charge is -2.34. The first-order valence-electron chi connectivity index (χ1n) is 7.30. The summed E-state index contributed by atoms with van der Waals surface area (Å²) >= 11 is 0. The molecule has 0 bridgehead atoms. The summed E-state index contributed by atoms with van der Waals surface area (Å²) in [6, 6.07) is 2.56. The highest BCUT2D eigenvalue weighted by Gasteiger charge is 2.45. The van der Waals surface area contributed by atoms with E-state index in [1.54, 1.807) is 0 Å². The molecule has 1 saturated carbocycles. The molecule has 1 amide bonds. The van der Waals surface area contributed by atoms with Gasteiger partial charge in [0.1, 0.15) is 5.60 Å². The molecule has 2 rings (SSSR count). The Morgan fingerprint density at radius 2 is 2.05 bits per heavy atom. The predicted molar refractivity (Wildman–Crippen MR) is 72.5 cm³/mol. The maximum atomic E-state index is 12.4. The molecule has 2 aliphatic rings. The SMILES string of the molecule is CC(C)(C)OC(=O)N1[C@H](CC#N)C[C@@H]2CCCC[C@@H]21. The van der Waals surface area contributed by atoms with E-state index in [-0.39, 0.29) is 12.1 Å². The first kappa shape index (κ1) is 14.2. The van der Waals surface area contributed by atoms with Gasteiger partial charge in [0, 0.05) is 12.1 Å². The summed E-state index contributed by atoms with van der Waals surface area (Å²) in [7, 11) is 0. The Balaban J connectivity index is 2.13. The highest BCUT2D eigenvalue weighted by molar-refractivity contribution is 5.69. The summed E-state index contributed by atoms with van der Waals surface area (Å²) in [5.41, 5.74) is -0.471. The Bertz CT molecular complexity index is 381. The van der Waals surface area contributed by atoms with Gasteiger partial charge in [0.05, 0.1) is 12.5 Å². The number of likely N-dealkylation sites (tertiary alicyclic amines) is 1. The highest BCUT2D eigenvalue weighted by Crippen LogP contribution is 2.41. The van der Waals surface area contributed by atoms with E-state index in [0.717, 1.165) is 12.8 Å². The van der Waals surface area contributed by atoms with Crippen molar-refractivity contribution in [1.29, 1.82) is 5.26 Å². The largest absolute Gasteiger partial charge is 0.444 e. The molecule has 1 saturated heterocycles. The van der Waals surface area contributed by atoms with E-state index in [0.29, 0.717) is 18.4 Å². The van der Waals surface area contributed by atoms with Crippen LogP contribution in [0.4, 0.5) is 4.79 Å². The van der Waals surface area contributed by atoms with Crippen LogP contribution < -0.4 is 0 Å². The van der Waals surface area contributed by atoms with E-state index < -0.39 is 5.60 Å².